The number of rotatable bonds is 5. The van der Waals surface area contributed by atoms with E-state index in [2.05, 4.69) is 4.74 Å². The van der Waals surface area contributed by atoms with E-state index in [9.17, 15) is 4.79 Å². The first-order valence-electron chi connectivity index (χ1n) is 4.30. The van der Waals surface area contributed by atoms with Crippen LogP contribution in [-0.4, -0.2) is 32.8 Å². The Morgan fingerprint density at radius 3 is 2.38 bits per heavy atom. The lowest BCUT2D eigenvalue weighted by molar-refractivity contribution is -0.145. The molecule has 0 fully saturated rings. The van der Waals surface area contributed by atoms with Gasteiger partial charge in [0.15, 0.2) is 0 Å². The van der Waals surface area contributed by atoms with Gasteiger partial charge in [0.2, 0.25) is 0 Å². The molecule has 2 N–H and O–H groups in total. The Morgan fingerprint density at radius 2 is 2.08 bits per heavy atom. The van der Waals surface area contributed by atoms with Gasteiger partial charge in [-0.1, -0.05) is 6.92 Å². The van der Waals surface area contributed by atoms with Gasteiger partial charge < -0.3 is 15.2 Å². The average molecular weight is 189 g/mol. The maximum absolute atomic E-state index is 11.1. The summed E-state index contributed by atoms with van der Waals surface area (Å²) in [5.41, 5.74) is 5.25. The molecule has 0 rings (SSSR count). The van der Waals surface area contributed by atoms with Crippen LogP contribution in [0.4, 0.5) is 0 Å². The lowest BCUT2D eigenvalue weighted by atomic mass is 9.81. The predicted molar refractivity (Wildman–Crippen MR) is 50.3 cm³/mol. The summed E-state index contributed by atoms with van der Waals surface area (Å²) in [5.74, 6) is -0.253. The maximum atomic E-state index is 11.1. The minimum Gasteiger partial charge on any atom is -0.469 e. The molecule has 0 aromatic carbocycles. The highest BCUT2D eigenvalue weighted by atomic mass is 16.5. The van der Waals surface area contributed by atoms with E-state index < -0.39 is 0 Å². The fourth-order valence-corrected chi connectivity index (χ4v) is 1.07. The highest BCUT2D eigenvalue weighted by Gasteiger charge is 2.32. The first kappa shape index (κ1) is 12.4. The zero-order valence-corrected chi connectivity index (χ0v) is 8.79. The maximum Gasteiger partial charge on any atom is 0.306 e. The van der Waals surface area contributed by atoms with Gasteiger partial charge in [0.1, 0.15) is 0 Å². The minimum absolute atomic E-state index is 0.0587. The lowest BCUT2D eigenvalue weighted by Gasteiger charge is -2.32. The van der Waals surface area contributed by atoms with Gasteiger partial charge >= 0.3 is 5.97 Å². The largest absolute Gasteiger partial charge is 0.469 e. The van der Waals surface area contributed by atoms with Crippen molar-refractivity contribution >= 4 is 5.97 Å². The number of hydrogen-bond acceptors (Lipinski definition) is 4. The van der Waals surface area contributed by atoms with E-state index in [0.717, 1.165) is 0 Å². The van der Waals surface area contributed by atoms with Crippen molar-refractivity contribution in [2.45, 2.75) is 26.4 Å². The first-order valence-corrected chi connectivity index (χ1v) is 4.30. The van der Waals surface area contributed by atoms with Crippen molar-refractivity contribution in [3.05, 3.63) is 0 Å². The monoisotopic (exact) mass is 189 g/mol. The number of carbonyl (C=O) groups is 1. The Labute approximate surface area is 79.4 Å². The van der Waals surface area contributed by atoms with Gasteiger partial charge in [-0.05, 0) is 6.92 Å². The van der Waals surface area contributed by atoms with Crippen LogP contribution in [0.2, 0.25) is 0 Å². The summed E-state index contributed by atoms with van der Waals surface area (Å²) in [6.45, 7) is 4.21. The molecule has 4 heteroatoms. The van der Waals surface area contributed by atoms with Crippen LogP contribution in [0.25, 0.3) is 0 Å². The molecule has 4 nitrogen and oxygen atoms in total. The van der Waals surface area contributed by atoms with Crippen molar-refractivity contribution in [2.75, 3.05) is 20.8 Å². The molecule has 0 aromatic rings. The molecular weight excluding hydrogens is 170 g/mol. The standard InChI is InChI=1S/C9H19NO3/c1-7(12-3)9(2,6-10)5-8(11)13-4/h7H,5-6,10H2,1-4H3. The quantitative estimate of drug-likeness (QED) is 0.641. The molecule has 0 amide bonds. The fourth-order valence-electron chi connectivity index (χ4n) is 1.07. The summed E-state index contributed by atoms with van der Waals surface area (Å²) in [7, 11) is 2.98. The summed E-state index contributed by atoms with van der Waals surface area (Å²) >= 11 is 0. The van der Waals surface area contributed by atoms with Crippen molar-refractivity contribution in [2.24, 2.45) is 11.1 Å². The van der Waals surface area contributed by atoms with E-state index in [1.54, 1.807) is 7.11 Å². The summed E-state index contributed by atoms with van der Waals surface area (Å²) in [6, 6.07) is 0. The van der Waals surface area contributed by atoms with E-state index in [4.69, 9.17) is 10.5 Å². The molecular formula is C9H19NO3. The molecule has 0 saturated carbocycles. The topological polar surface area (TPSA) is 61.5 Å². The summed E-state index contributed by atoms with van der Waals surface area (Å²) in [5, 5.41) is 0. The van der Waals surface area contributed by atoms with E-state index in [1.165, 1.54) is 7.11 Å². The van der Waals surface area contributed by atoms with Gasteiger partial charge in [0, 0.05) is 19.1 Å². The highest BCUT2D eigenvalue weighted by molar-refractivity contribution is 5.70. The second kappa shape index (κ2) is 5.19. The Balaban J connectivity index is 4.35. The molecule has 0 spiro atoms. The first-order chi connectivity index (χ1) is 6.00. The number of methoxy groups -OCH3 is 2. The van der Waals surface area contributed by atoms with E-state index in [1.807, 2.05) is 13.8 Å². The SMILES string of the molecule is COC(=O)CC(C)(CN)C(C)OC. The second-order valence-electron chi connectivity index (χ2n) is 3.49. The molecule has 0 saturated heterocycles. The van der Waals surface area contributed by atoms with Crippen molar-refractivity contribution in [3.63, 3.8) is 0 Å². The van der Waals surface area contributed by atoms with Crippen LogP contribution >= 0.6 is 0 Å². The molecule has 0 radical (unpaired) electrons. The predicted octanol–water partition coefficient (Wildman–Crippen LogP) is 0.549. The van der Waals surface area contributed by atoms with Gasteiger partial charge in [-0.3, -0.25) is 4.79 Å². The van der Waals surface area contributed by atoms with Gasteiger partial charge in [0.05, 0.1) is 19.6 Å². The van der Waals surface area contributed by atoms with Crippen molar-refractivity contribution in [1.82, 2.24) is 0 Å². The Hall–Kier alpha value is -0.610. The smallest absolute Gasteiger partial charge is 0.306 e. The van der Waals surface area contributed by atoms with Gasteiger partial charge in [-0.15, -0.1) is 0 Å². The number of hydrogen-bond donors (Lipinski definition) is 1. The Morgan fingerprint density at radius 1 is 1.54 bits per heavy atom. The van der Waals surface area contributed by atoms with Crippen LogP contribution in [0.5, 0.6) is 0 Å². The molecule has 0 aliphatic heterocycles. The third kappa shape index (κ3) is 3.32. The van der Waals surface area contributed by atoms with Crippen molar-refractivity contribution in [3.8, 4) is 0 Å². The Kier molecular flexibility index (Phi) is 4.95. The average Bonchev–Trinajstić information content (AvgIpc) is 2.15. The summed E-state index contributed by atoms with van der Waals surface area (Å²) in [6.07, 6.45) is 0.228. The minimum atomic E-state index is -0.345. The molecule has 0 aromatic heterocycles. The van der Waals surface area contributed by atoms with Crippen LogP contribution in [0, 0.1) is 5.41 Å². The highest BCUT2D eigenvalue weighted by Crippen LogP contribution is 2.26. The van der Waals surface area contributed by atoms with E-state index >= 15 is 0 Å². The van der Waals surface area contributed by atoms with Gasteiger partial charge in [-0.25, -0.2) is 0 Å². The van der Waals surface area contributed by atoms with Crippen molar-refractivity contribution < 1.29 is 14.3 Å². The van der Waals surface area contributed by atoms with E-state index in [0.29, 0.717) is 6.54 Å². The summed E-state index contributed by atoms with van der Waals surface area (Å²) < 4.78 is 9.76. The van der Waals surface area contributed by atoms with Crippen LogP contribution < -0.4 is 5.73 Å². The molecule has 78 valence electrons. The number of ether oxygens (including phenoxy) is 2. The lowest BCUT2D eigenvalue weighted by Crippen LogP contribution is -2.40. The second-order valence-corrected chi connectivity index (χ2v) is 3.49. The van der Waals surface area contributed by atoms with Crippen molar-refractivity contribution in [1.29, 1.82) is 0 Å². The zero-order chi connectivity index (χ0) is 10.5. The molecule has 0 bridgehead atoms. The third-order valence-electron chi connectivity index (χ3n) is 2.58. The number of nitrogens with two attached hydrogens (primary N) is 1. The molecule has 2 atom stereocenters. The van der Waals surface area contributed by atoms with Crippen LogP contribution in [0.15, 0.2) is 0 Å². The molecule has 2 unspecified atom stereocenters. The number of carbonyl (C=O) groups excluding carboxylic acids is 1. The normalized spacial score (nSPS) is 17.6. The Bertz CT molecular complexity index is 172. The molecule has 0 aliphatic rings. The van der Waals surface area contributed by atoms with Crippen LogP contribution in [0.3, 0.4) is 0 Å². The summed E-state index contributed by atoms with van der Waals surface area (Å²) in [4.78, 5) is 11.1. The molecule has 0 heterocycles. The fraction of sp³-hybridized carbons (Fsp3) is 0.889. The van der Waals surface area contributed by atoms with E-state index in [-0.39, 0.29) is 23.9 Å². The van der Waals surface area contributed by atoms with Gasteiger partial charge in [0.25, 0.3) is 0 Å². The zero-order valence-electron chi connectivity index (χ0n) is 8.79. The third-order valence-corrected chi connectivity index (χ3v) is 2.58. The van der Waals surface area contributed by atoms with Crippen LogP contribution in [0.1, 0.15) is 20.3 Å². The number of esters is 1. The van der Waals surface area contributed by atoms with Gasteiger partial charge in [-0.2, -0.15) is 0 Å². The molecule has 0 aliphatic carbocycles. The van der Waals surface area contributed by atoms with Crippen LogP contribution in [-0.2, 0) is 14.3 Å². The molecule has 13 heavy (non-hydrogen) atoms.